The number of halogens is 1. The maximum absolute atomic E-state index is 15.1. The lowest BCUT2D eigenvalue weighted by Crippen LogP contribution is -2.19. The van der Waals surface area contributed by atoms with Crippen molar-refractivity contribution in [2.45, 2.75) is 38.8 Å². The van der Waals surface area contributed by atoms with Crippen molar-refractivity contribution in [3.05, 3.63) is 95.4 Å². The number of ether oxygens (including phenoxy) is 1. The van der Waals surface area contributed by atoms with E-state index in [4.69, 9.17) is 17.4 Å². The van der Waals surface area contributed by atoms with Crippen LogP contribution in [0.15, 0.2) is 72.8 Å². The maximum Gasteiger partial charge on any atom is 0.374 e. The van der Waals surface area contributed by atoms with Gasteiger partial charge in [0.2, 0.25) is 5.95 Å². The van der Waals surface area contributed by atoms with Gasteiger partial charge < -0.3 is 9.39 Å². The first-order valence-corrected chi connectivity index (χ1v) is 11.7. The summed E-state index contributed by atoms with van der Waals surface area (Å²) in [6, 6.07) is 23.8. The molecule has 0 spiro atoms. The SMILES string of the molecule is [B]Oc1ccc(/C(=C(/CC)c2ccccc2)c2ccc3c(c2)c(F)nn3C2CCCCO2)cc1. The summed E-state index contributed by atoms with van der Waals surface area (Å²) in [5.41, 5.74) is 6.02. The van der Waals surface area contributed by atoms with Crippen LogP contribution in [-0.4, -0.2) is 24.4 Å². The van der Waals surface area contributed by atoms with Gasteiger partial charge in [-0.15, -0.1) is 5.10 Å². The first-order valence-electron chi connectivity index (χ1n) is 11.7. The molecule has 1 saturated heterocycles. The van der Waals surface area contributed by atoms with Crippen molar-refractivity contribution >= 4 is 30.1 Å². The standard InChI is InChI=1S/C28H26BFN2O2/c1-2-23(19-8-4-3-5-9-19)27(20-11-14-22(34-29)15-12-20)21-13-16-25-24(18-21)28(30)31-32(25)26-10-6-7-17-33-26/h3-5,8-9,11-16,18,26H,2,6-7,10,17H2,1H3/b27-23+. The van der Waals surface area contributed by atoms with Crippen LogP contribution in [0, 0.1) is 5.95 Å². The summed E-state index contributed by atoms with van der Waals surface area (Å²) in [4.78, 5) is 0. The molecule has 6 heteroatoms. The molecular weight excluding hydrogens is 426 g/mol. The lowest BCUT2D eigenvalue weighted by Gasteiger charge is -2.23. The van der Waals surface area contributed by atoms with Crippen LogP contribution in [0.2, 0.25) is 0 Å². The zero-order chi connectivity index (χ0) is 23.5. The zero-order valence-electron chi connectivity index (χ0n) is 19.2. The fourth-order valence-corrected chi connectivity index (χ4v) is 4.77. The third-order valence-corrected chi connectivity index (χ3v) is 6.43. The Hall–Kier alpha value is -3.38. The van der Waals surface area contributed by atoms with Crippen molar-refractivity contribution in [2.24, 2.45) is 0 Å². The number of benzene rings is 3. The largest absolute Gasteiger partial charge is 0.568 e. The van der Waals surface area contributed by atoms with Crippen molar-refractivity contribution in [2.75, 3.05) is 6.61 Å². The highest BCUT2D eigenvalue weighted by Crippen LogP contribution is 2.37. The molecule has 4 nitrogen and oxygen atoms in total. The molecule has 1 unspecified atom stereocenters. The molecule has 0 amide bonds. The Morgan fingerprint density at radius 2 is 1.79 bits per heavy atom. The number of hydrogen-bond donors (Lipinski definition) is 0. The van der Waals surface area contributed by atoms with Gasteiger partial charge in [0.05, 0.1) is 16.7 Å². The average Bonchev–Trinajstić information content (AvgIpc) is 3.24. The van der Waals surface area contributed by atoms with Crippen molar-refractivity contribution in [1.82, 2.24) is 9.78 Å². The second-order valence-electron chi connectivity index (χ2n) is 8.50. The molecular formula is C28H26BFN2O2. The molecule has 2 radical (unpaired) electrons. The number of rotatable bonds is 6. The monoisotopic (exact) mass is 452 g/mol. The van der Waals surface area contributed by atoms with E-state index in [-0.39, 0.29) is 6.23 Å². The van der Waals surface area contributed by atoms with E-state index in [1.54, 1.807) is 4.68 Å². The van der Waals surface area contributed by atoms with Gasteiger partial charge in [-0.05, 0) is 77.8 Å². The second kappa shape index (κ2) is 9.86. The summed E-state index contributed by atoms with van der Waals surface area (Å²) < 4.78 is 27.5. The van der Waals surface area contributed by atoms with Crippen LogP contribution in [0.4, 0.5) is 4.39 Å². The quantitative estimate of drug-likeness (QED) is 0.241. The molecule has 1 aliphatic rings. The van der Waals surface area contributed by atoms with E-state index < -0.39 is 5.95 Å². The van der Waals surface area contributed by atoms with Gasteiger partial charge >= 0.3 is 8.05 Å². The molecule has 170 valence electrons. The van der Waals surface area contributed by atoms with Crippen molar-refractivity contribution in [3.8, 4) is 5.75 Å². The zero-order valence-corrected chi connectivity index (χ0v) is 19.2. The van der Waals surface area contributed by atoms with Crippen LogP contribution < -0.4 is 4.65 Å². The Morgan fingerprint density at radius 3 is 2.47 bits per heavy atom. The van der Waals surface area contributed by atoms with Gasteiger partial charge in [0.1, 0.15) is 0 Å². The normalized spacial score (nSPS) is 16.9. The minimum atomic E-state index is -0.477. The first-order chi connectivity index (χ1) is 16.7. The van der Waals surface area contributed by atoms with Gasteiger partial charge in [-0.3, -0.25) is 0 Å². The maximum atomic E-state index is 15.1. The van der Waals surface area contributed by atoms with Crippen LogP contribution in [0.3, 0.4) is 0 Å². The third-order valence-electron chi connectivity index (χ3n) is 6.43. The summed E-state index contributed by atoms with van der Waals surface area (Å²) in [6.07, 6.45) is 3.51. The van der Waals surface area contributed by atoms with Gasteiger partial charge in [-0.1, -0.05) is 55.5 Å². The molecule has 0 bridgehead atoms. The molecule has 1 atom stereocenters. The predicted molar refractivity (Wildman–Crippen MR) is 134 cm³/mol. The van der Waals surface area contributed by atoms with Crippen LogP contribution in [0.5, 0.6) is 5.75 Å². The van der Waals surface area contributed by atoms with E-state index in [2.05, 4.69) is 24.2 Å². The van der Waals surface area contributed by atoms with Crippen LogP contribution in [0.1, 0.15) is 55.5 Å². The van der Waals surface area contributed by atoms with Gasteiger partial charge in [-0.2, -0.15) is 4.39 Å². The molecule has 0 aliphatic carbocycles. The Balaban J connectivity index is 1.68. The summed E-state index contributed by atoms with van der Waals surface area (Å²) >= 11 is 0. The smallest absolute Gasteiger partial charge is 0.374 e. The summed E-state index contributed by atoms with van der Waals surface area (Å²) in [6.45, 7) is 2.81. The first kappa shape index (κ1) is 22.4. The van der Waals surface area contributed by atoms with E-state index in [0.29, 0.717) is 17.7 Å². The van der Waals surface area contributed by atoms with E-state index in [1.807, 2.05) is 60.7 Å². The third kappa shape index (κ3) is 4.26. The number of nitrogens with zero attached hydrogens (tertiary/aromatic N) is 2. The van der Waals surface area contributed by atoms with E-state index >= 15 is 4.39 Å². The molecule has 1 fully saturated rings. The lowest BCUT2D eigenvalue weighted by atomic mass is 9.88. The van der Waals surface area contributed by atoms with Crippen molar-refractivity contribution in [3.63, 3.8) is 0 Å². The second-order valence-corrected chi connectivity index (χ2v) is 8.50. The molecule has 4 aromatic rings. The van der Waals surface area contributed by atoms with Crippen LogP contribution in [0.25, 0.3) is 22.0 Å². The van der Waals surface area contributed by atoms with Gasteiger partial charge in [0.15, 0.2) is 6.23 Å². The van der Waals surface area contributed by atoms with Crippen molar-refractivity contribution < 1.29 is 13.8 Å². The number of hydrogen-bond acceptors (Lipinski definition) is 3. The average molecular weight is 452 g/mol. The van der Waals surface area contributed by atoms with Crippen LogP contribution in [-0.2, 0) is 4.74 Å². The Labute approximate surface area is 200 Å². The molecule has 1 aromatic heterocycles. The summed E-state index contributed by atoms with van der Waals surface area (Å²) in [7, 11) is 5.33. The molecule has 5 rings (SSSR count). The highest BCUT2D eigenvalue weighted by molar-refractivity contribution is 6.01. The number of allylic oxidation sites excluding steroid dienone is 1. The summed E-state index contributed by atoms with van der Waals surface area (Å²) in [5.74, 6) is 0.103. The minimum Gasteiger partial charge on any atom is -0.568 e. The van der Waals surface area contributed by atoms with Crippen LogP contribution >= 0.6 is 0 Å². The van der Waals surface area contributed by atoms with Crippen molar-refractivity contribution in [1.29, 1.82) is 0 Å². The van der Waals surface area contributed by atoms with Gasteiger partial charge in [0.25, 0.3) is 0 Å². The Morgan fingerprint density at radius 1 is 1.03 bits per heavy atom. The Bertz CT molecular complexity index is 1310. The highest BCUT2D eigenvalue weighted by Gasteiger charge is 2.22. The molecule has 0 N–H and O–H groups in total. The number of aromatic nitrogens is 2. The number of fused-ring (bicyclic) bond motifs is 1. The predicted octanol–water partition coefficient (Wildman–Crippen LogP) is 6.71. The van der Waals surface area contributed by atoms with Gasteiger partial charge in [0, 0.05) is 6.61 Å². The lowest BCUT2D eigenvalue weighted by molar-refractivity contribution is -0.0375. The fraction of sp³-hybridized carbons (Fsp3) is 0.250. The van der Waals surface area contributed by atoms with E-state index in [0.717, 1.165) is 53.5 Å². The summed E-state index contributed by atoms with van der Waals surface area (Å²) in [5, 5.41) is 4.71. The fourth-order valence-electron chi connectivity index (χ4n) is 4.77. The molecule has 1 aliphatic heterocycles. The topological polar surface area (TPSA) is 36.3 Å². The minimum absolute atomic E-state index is 0.221. The molecule has 2 heterocycles. The molecule has 3 aromatic carbocycles. The van der Waals surface area contributed by atoms with E-state index in [1.165, 1.54) is 5.57 Å². The highest BCUT2D eigenvalue weighted by atomic mass is 19.1. The molecule has 0 saturated carbocycles. The Kier molecular flexibility index (Phi) is 6.50. The van der Waals surface area contributed by atoms with Gasteiger partial charge in [-0.25, -0.2) is 4.68 Å². The van der Waals surface area contributed by atoms with E-state index in [9.17, 15) is 0 Å². The molecule has 34 heavy (non-hydrogen) atoms.